The lowest BCUT2D eigenvalue weighted by Crippen LogP contribution is -2.49. The van der Waals surface area contributed by atoms with Crippen molar-refractivity contribution in [2.24, 2.45) is 7.05 Å². The largest absolute Gasteiger partial charge is 0.481 e. The summed E-state index contributed by atoms with van der Waals surface area (Å²) in [6.45, 7) is 1.11. The molecule has 0 aliphatic carbocycles. The molecule has 1 N–H and O–H groups in total. The first kappa shape index (κ1) is 16.3. The highest BCUT2D eigenvalue weighted by Crippen LogP contribution is 2.21. The van der Waals surface area contributed by atoms with Gasteiger partial charge >= 0.3 is 5.97 Å². The number of benzene rings is 1. The van der Waals surface area contributed by atoms with Crippen LogP contribution in [0.25, 0.3) is 17.0 Å². The van der Waals surface area contributed by atoms with Crippen LogP contribution < -0.4 is 0 Å². The number of aliphatic carboxylic acids is 1. The lowest BCUT2D eigenvalue weighted by atomic mass is 10.1. The van der Waals surface area contributed by atoms with Crippen LogP contribution in [0.2, 0.25) is 0 Å². The maximum absolute atomic E-state index is 12.5. The fraction of sp³-hybridized carbons (Fsp3) is 0.333. The molecule has 1 fully saturated rings. The number of nitrogens with zero attached hydrogens (tertiary/aromatic N) is 2. The van der Waals surface area contributed by atoms with Gasteiger partial charge in [0.2, 0.25) is 5.91 Å². The Morgan fingerprint density at radius 3 is 2.96 bits per heavy atom. The first-order valence-electron chi connectivity index (χ1n) is 7.88. The second-order valence-corrected chi connectivity index (χ2v) is 5.90. The molecule has 0 spiro atoms. The molecule has 0 radical (unpaired) electrons. The number of ether oxygens (including phenoxy) is 1. The van der Waals surface area contributed by atoms with E-state index in [0.717, 1.165) is 16.5 Å². The molecule has 1 aromatic carbocycles. The number of carboxylic acids is 1. The molecule has 1 unspecified atom stereocenters. The first-order chi connectivity index (χ1) is 11.6. The maximum atomic E-state index is 12.5. The van der Waals surface area contributed by atoms with Gasteiger partial charge in [-0.3, -0.25) is 9.59 Å². The van der Waals surface area contributed by atoms with E-state index in [0.29, 0.717) is 13.2 Å². The Kier molecular flexibility index (Phi) is 4.66. The number of hydrogen-bond donors (Lipinski definition) is 1. The number of rotatable bonds is 4. The molecule has 0 bridgehead atoms. The second-order valence-electron chi connectivity index (χ2n) is 5.90. The minimum Gasteiger partial charge on any atom is -0.481 e. The lowest BCUT2D eigenvalue weighted by Gasteiger charge is -2.34. The van der Waals surface area contributed by atoms with E-state index in [4.69, 9.17) is 9.84 Å². The molecule has 1 atom stereocenters. The third kappa shape index (κ3) is 3.33. The number of aromatic nitrogens is 1. The highest BCUT2D eigenvalue weighted by Gasteiger charge is 2.27. The molecule has 24 heavy (non-hydrogen) atoms. The van der Waals surface area contributed by atoms with E-state index >= 15 is 0 Å². The quantitative estimate of drug-likeness (QED) is 0.870. The molecule has 3 rings (SSSR count). The van der Waals surface area contributed by atoms with Crippen LogP contribution in [0.3, 0.4) is 0 Å². The fourth-order valence-corrected chi connectivity index (χ4v) is 3.08. The van der Waals surface area contributed by atoms with Crippen molar-refractivity contribution in [1.82, 2.24) is 9.47 Å². The molecule has 126 valence electrons. The molecule has 0 saturated carbocycles. The van der Waals surface area contributed by atoms with Crippen molar-refractivity contribution in [2.45, 2.75) is 12.5 Å². The average molecular weight is 328 g/mol. The Balaban J connectivity index is 1.79. The maximum Gasteiger partial charge on any atom is 0.305 e. The van der Waals surface area contributed by atoms with Crippen LogP contribution in [0.4, 0.5) is 0 Å². The molecule has 1 aliphatic rings. The van der Waals surface area contributed by atoms with Crippen LogP contribution in [0, 0.1) is 0 Å². The molecular weight excluding hydrogens is 308 g/mol. The third-order valence-electron chi connectivity index (χ3n) is 4.25. The number of fused-ring (bicyclic) bond motifs is 1. The Labute approximate surface area is 139 Å². The number of morpholine rings is 1. The van der Waals surface area contributed by atoms with Gasteiger partial charge in [-0.1, -0.05) is 18.2 Å². The van der Waals surface area contributed by atoms with E-state index in [1.165, 1.54) is 6.08 Å². The van der Waals surface area contributed by atoms with Crippen LogP contribution in [0.1, 0.15) is 12.0 Å². The molecule has 2 aromatic rings. The van der Waals surface area contributed by atoms with E-state index in [1.54, 1.807) is 11.0 Å². The minimum absolute atomic E-state index is 0.103. The zero-order valence-corrected chi connectivity index (χ0v) is 13.5. The van der Waals surface area contributed by atoms with Crippen LogP contribution >= 0.6 is 0 Å². The summed E-state index contributed by atoms with van der Waals surface area (Å²) in [6.07, 6.45) is 5.18. The van der Waals surface area contributed by atoms with E-state index in [1.807, 2.05) is 42.1 Å². The van der Waals surface area contributed by atoms with Crippen LogP contribution in [0.5, 0.6) is 0 Å². The Morgan fingerprint density at radius 1 is 1.38 bits per heavy atom. The summed E-state index contributed by atoms with van der Waals surface area (Å²) in [6, 6.07) is 7.57. The molecule has 1 saturated heterocycles. The van der Waals surface area contributed by atoms with Gasteiger partial charge in [0, 0.05) is 42.3 Å². The van der Waals surface area contributed by atoms with Crippen molar-refractivity contribution in [2.75, 3.05) is 19.8 Å². The van der Waals surface area contributed by atoms with Crippen molar-refractivity contribution in [1.29, 1.82) is 0 Å². The lowest BCUT2D eigenvalue weighted by molar-refractivity contribution is -0.143. The molecule has 2 heterocycles. The Bertz CT molecular complexity index is 793. The van der Waals surface area contributed by atoms with Gasteiger partial charge in [0.25, 0.3) is 0 Å². The van der Waals surface area contributed by atoms with Gasteiger partial charge in [-0.25, -0.2) is 0 Å². The first-order valence-corrected chi connectivity index (χ1v) is 7.88. The normalized spacial score (nSPS) is 18.4. The van der Waals surface area contributed by atoms with Gasteiger partial charge in [0.1, 0.15) is 0 Å². The monoisotopic (exact) mass is 328 g/mol. The Morgan fingerprint density at radius 2 is 2.17 bits per heavy atom. The van der Waals surface area contributed by atoms with Gasteiger partial charge in [0.05, 0.1) is 25.7 Å². The Hall–Kier alpha value is -2.60. The van der Waals surface area contributed by atoms with Crippen LogP contribution in [0.15, 0.2) is 36.5 Å². The summed E-state index contributed by atoms with van der Waals surface area (Å²) in [5.41, 5.74) is 2.06. The summed E-state index contributed by atoms with van der Waals surface area (Å²) in [4.78, 5) is 25.0. The van der Waals surface area contributed by atoms with Crippen LogP contribution in [-0.2, 0) is 21.4 Å². The number of carboxylic acid groups (broad SMARTS) is 1. The van der Waals surface area contributed by atoms with Gasteiger partial charge in [-0.15, -0.1) is 0 Å². The van der Waals surface area contributed by atoms with Crippen molar-refractivity contribution < 1.29 is 19.4 Å². The number of carbonyl (C=O) groups is 2. The van der Waals surface area contributed by atoms with Crippen molar-refractivity contribution >= 4 is 28.9 Å². The number of para-hydroxylation sites is 1. The summed E-state index contributed by atoms with van der Waals surface area (Å²) >= 11 is 0. The molecule has 1 amide bonds. The molecule has 6 nitrogen and oxygen atoms in total. The van der Waals surface area contributed by atoms with E-state index < -0.39 is 12.0 Å². The van der Waals surface area contributed by atoms with Gasteiger partial charge in [0.15, 0.2) is 0 Å². The van der Waals surface area contributed by atoms with Crippen molar-refractivity contribution in [3.63, 3.8) is 0 Å². The number of amides is 1. The average Bonchev–Trinajstić information content (AvgIpc) is 2.89. The summed E-state index contributed by atoms with van der Waals surface area (Å²) in [5.74, 6) is -1.11. The van der Waals surface area contributed by atoms with E-state index in [2.05, 4.69) is 0 Å². The standard InChI is InChI=1S/C18H20N2O4/c1-19-11-13(15-4-2-3-5-16(15)19)6-7-17(21)20-8-9-24-12-14(20)10-18(22)23/h2-7,11,14H,8-10,12H2,1H3,(H,22,23)/b7-6+. The van der Waals surface area contributed by atoms with E-state index in [-0.39, 0.29) is 18.9 Å². The predicted molar refractivity (Wildman–Crippen MR) is 90.5 cm³/mol. The smallest absolute Gasteiger partial charge is 0.305 e. The van der Waals surface area contributed by atoms with Crippen molar-refractivity contribution in [3.8, 4) is 0 Å². The fourth-order valence-electron chi connectivity index (χ4n) is 3.08. The molecular formula is C18H20N2O4. The zero-order valence-electron chi connectivity index (χ0n) is 13.5. The highest BCUT2D eigenvalue weighted by molar-refractivity contribution is 5.96. The van der Waals surface area contributed by atoms with Crippen LogP contribution in [-0.4, -0.2) is 52.3 Å². The van der Waals surface area contributed by atoms with Gasteiger partial charge in [-0.2, -0.15) is 0 Å². The molecule has 6 heteroatoms. The molecule has 1 aliphatic heterocycles. The second kappa shape index (κ2) is 6.88. The minimum atomic E-state index is -0.929. The number of hydrogen-bond acceptors (Lipinski definition) is 3. The summed E-state index contributed by atoms with van der Waals surface area (Å²) < 4.78 is 7.32. The zero-order chi connectivity index (χ0) is 17.1. The molecule has 1 aromatic heterocycles. The van der Waals surface area contributed by atoms with Crippen molar-refractivity contribution in [3.05, 3.63) is 42.1 Å². The number of aryl methyl sites for hydroxylation is 1. The summed E-state index contributed by atoms with van der Waals surface area (Å²) in [5, 5.41) is 10.1. The number of carbonyl (C=O) groups excluding carboxylic acids is 1. The predicted octanol–water partition coefficient (Wildman–Crippen LogP) is 1.89. The highest BCUT2D eigenvalue weighted by atomic mass is 16.5. The van der Waals surface area contributed by atoms with E-state index in [9.17, 15) is 9.59 Å². The summed E-state index contributed by atoms with van der Waals surface area (Å²) in [7, 11) is 1.96. The SMILES string of the molecule is Cn1cc(/C=C/C(=O)N2CCOCC2CC(=O)O)c2ccccc21. The topological polar surface area (TPSA) is 71.8 Å². The van der Waals surface area contributed by atoms with Gasteiger partial charge < -0.3 is 19.3 Å². The third-order valence-corrected chi connectivity index (χ3v) is 4.25. The van der Waals surface area contributed by atoms with Gasteiger partial charge in [-0.05, 0) is 12.1 Å².